The molecule has 5 rings (SSSR count). The van der Waals surface area contributed by atoms with Gasteiger partial charge in [0.05, 0.1) is 29.4 Å². The van der Waals surface area contributed by atoms with Crippen molar-refractivity contribution in [1.29, 1.82) is 0 Å². The van der Waals surface area contributed by atoms with Gasteiger partial charge in [-0.05, 0) is 42.8 Å². The summed E-state index contributed by atoms with van der Waals surface area (Å²) >= 11 is 0.914. The highest BCUT2D eigenvalue weighted by Gasteiger charge is 2.33. The Morgan fingerprint density at radius 3 is 2.52 bits per heavy atom. The standard InChI is InChI=1S/C29H22F7N7O4S/c1-16-2-3-18(11-46-13-28(31,32)33)22(8-16)43-24(44)12-48-27(43)40-26(45)39-21-5-4-17(9-20(21)30)25-38-15-42(41-25)19-6-7-37-23(10-19)47-14-29(34,35)36/h2-10,15H,11-14H2,1H3,(H,39,45). The van der Waals surface area contributed by atoms with Crippen LogP contribution in [0.25, 0.3) is 17.1 Å². The van der Waals surface area contributed by atoms with Gasteiger partial charge in [0.15, 0.2) is 17.6 Å². The zero-order chi connectivity index (χ0) is 34.6. The Morgan fingerprint density at radius 2 is 1.79 bits per heavy atom. The van der Waals surface area contributed by atoms with Gasteiger partial charge in [0, 0.05) is 23.4 Å². The maximum absolute atomic E-state index is 15.1. The molecule has 2 aromatic heterocycles. The maximum atomic E-state index is 15.1. The van der Waals surface area contributed by atoms with Crippen LogP contribution in [0.15, 0.2) is 66.0 Å². The number of amidine groups is 1. The highest BCUT2D eigenvalue weighted by atomic mass is 32.2. The predicted molar refractivity (Wildman–Crippen MR) is 159 cm³/mol. The maximum Gasteiger partial charge on any atom is 0.422 e. The largest absolute Gasteiger partial charge is 0.468 e. The number of ether oxygens (including phenoxy) is 2. The molecule has 48 heavy (non-hydrogen) atoms. The van der Waals surface area contributed by atoms with E-state index in [4.69, 9.17) is 4.74 Å². The first-order valence-corrected chi connectivity index (χ1v) is 14.6. The second-order valence-corrected chi connectivity index (χ2v) is 11.0. The number of nitrogens with zero attached hydrogens (tertiary/aromatic N) is 6. The summed E-state index contributed by atoms with van der Waals surface area (Å²) in [5.41, 5.74) is 1.32. The Morgan fingerprint density at radius 1 is 1.02 bits per heavy atom. The Kier molecular flexibility index (Phi) is 9.99. The van der Waals surface area contributed by atoms with Crippen LogP contribution < -0.4 is 15.0 Å². The van der Waals surface area contributed by atoms with E-state index in [1.54, 1.807) is 19.1 Å². The van der Waals surface area contributed by atoms with Crippen LogP contribution in [-0.2, 0) is 16.1 Å². The quantitative estimate of drug-likeness (QED) is 0.198. The number of benzene rings is 2. The van der Waals surface area contributed by atoms with E-state index in [1.807, 2.05) is 0 Å². The summed E-state index contributed by atoms with van der Waals surface area (Å²) in [6.07, 6.45) is -6.64. The molecule has 1 fully saturated rings. The topological polar surface area (TPSA) is 124 Å². The molecule has 0 atom stereocenters. The van der Waals surface area contributed by atoms with Crippen molar-refractivity contribution in [2.45, 2.75) is 25.9 Å². The molecule has 1 saturated heterocycles. The first kappa shape index (κ1) is 34.3. The molecular formula is C29H22F7N7O4S. The average Bonchev–Trinajstić information content (AvgIpc) is 3.64. The number of amides is 3. The molecule has 3 amide bonds. The lowest BCUT2D eigenvalue weighted by Gasteiger charge is -2.21. The number of carbonyl (C=O) groups excluding carboxylic acids is 2. The number of rotatable bonds is 9. The van der Waals surface area contributed by atoms with Gasteiger partial charge in [0.2, 0.25) is 11.8 Å². The van der Waals surface area contributed by atoms with Crippen LogP contribution >= 0.6 is 11.8 Å². The fourth-order valence-electron chi connectivity index (χ4n) is 4.24. The molecule has 252 valence electrons. The van der Waals surface area contributed by atoms with E-state index < -0.39 is 49.9 Å². The average molecular weight is 698 g/mol. The lowest BCUT2D eigenvalue weighted by Crippen LogP contribution is -2.31. The minimum absolute atomic E-state index is 0.0475. The summed E-state index contributed by atoms with van der Waals surface area (Å²) in [7, 11) is 0. The molecule has 0 aliphatic carbocycles. The molecule has 0 bridgehead atoms. The predicted octanol–water partition coefficient (Wildman–Crippen LogP) is 6.46. The second kappa shape index (κ2) is 14.0. The van der Waals surface area contributed by atoms with Crippen LogP contribution in [0.5, 0.6) is 5.88 Å². The third-order valence-corrected chi connectivity index (χ3v) is 7.22. The normalized spacial score (nSPS) is 14.5. The number of aromatic nitrogens is 4. The first-order chi connectivity index (χ1) is 22.6. The van der Waals surface area contributed by atoms with Gasteiger partial charge in [0.1, 0.15) is 18.8 Å². The van der Waals surface area contributed by atoms with Gasteiger partial charge in [0.25, 0.3) is 0 Å². The number of nitrogens with one attached hydrogen (secondary N) is 1. The number of aliphatic imine (C=N–C) groups is 1. The third kappa shape index (κ3) is 8.85. The number of hydrogen-bond donors (Lipinski definition) is 1. The number of urea groups is 1. The van der Waals surface area contributed by atoms with Crippen LogP contribution in [0.1, 0.15) is 11.1 Å². The molecule has 11 nitrogen and oxygen atoms in total. The number of anilines is 2. The number of hydrogen-bond acceptors (Lipinski definition) is 8. The monoisotopic (exact) mass is 697 g/mol. The Labute approximate surface area is 270 Å². The molecule has 4 aromatic rings. The zero-order valence-corrected chi connectivity index (χ0v) is 25.3. The fraction of sp³-hybridized carbons (Fsp3) is 0.241. The van der Waals surface area contributed by atoms with Crippen molar-refractivity contribution in [2.75, 3.05) is 29.2 Å². The number of carbonyl (C=O) groups is 2. The minimum Gasteiger partial charge on any atom is -0.468 e. The first-order valence-electron chi connectivity index (χ1n) is 13.6. The van der Waals surface area contributed by atoms with Crippen molar-refractivity contribution in [3.8, 4) is 23.0 Å². The van der Waals surface area contributed by atoms with E-state index in [0.29, 0.717) is 5.56 Å². The lowest BCUT2D eigenvalue weighted by molar-refractivity contribution is -0.176. The summed E-state index contributed by atoms with van der Waals surface area (Å²) < 4.78 is 101. The number of pyridine rings is 1. The summed E-state index contributed by atoms with van der Waals surface area (Å²) in [6, 6.07) is 9.96. The van der Waals surface area contributed by atoms with Crippen molar-refractivity contribution in [2.24, 2.45) is 4.99 Å². The van der Waals surface area contributed by atoms with Gasteiger partial charge in [-0.15, -0.1) is 5.10 Å². The third-order valence-electron chi connectivity index (χ3n) is 6.30. The molecule has 1 aliphatic rings. The van der Waals surface area contributed by atoms with E-state index in [0.717, 1.165) is 22.7 Å². The van der Waals surface area contributed by atoms with Gasteiger partial charge in [-0.25, -0.2) is 23.8 Å². The van der Waals surface area contributed by atoms with Crippen LogP contribution in [-0.4, -0.2) is 68.2 Å². The molecule has 19 heteroatoms. The SMILES string of the molecule is Cc1ccc(COCC(F)(F)F)c(N2C(=O)CSC2=NC(=O)Nc2ccc(-c3ncn(-c4ccnc(OCC(F)(F)F)c4)n3)cc2F)c1. The minimum atomic E-state index is -4.55. The Bertz CT molecular complexity index is 1860. The van der Waals surface area contributed by atoms with Gasteiger partial charge >= 0.3 is 18.4 Å². The van der Waals surface area contributed by atoms with Crippen molar-refractivity contribution in [3.63, 3.8) is 0 Å². The van der Waals surface area contributed by atoms with Crippen molar-refractivity contribution in [3.05, 3.63) is 78.0 Å². The van der Waals surface area contributed by atoms with Gasteiger partial charge in [-0.1, -0.05) is 23.9 Å². The molecular weight excluding hydrogens is 675 g/mol. The number of thioether (sulfide) groups is 1. The molecule has 1 aliphatic heterocycles. The van der Waals surface area contributed by atoms with Crippen LogP contribution in [0.4, 0.5) is 46.9 Å². The molecule has 0 saturated carbocycles. The number of alkyl halides is 6. The Balaban J connectivity index is 1.29. The molecule has 0 unspecified atom stereocenters. The highest BCUT2D eigenvalue weighted by molar-refractivity contribution is 8.15. The van der Waals surface area contributed by atoms with E-state index in [9.17, 15) is 35.9 Å². The Hall–Kier alpha value is -5.04. The zero-order valence-electron chi connectivity index (χ0n) is 24.5. The summed E-state index contributed by atoms with van der Waals surface area (Å²) in [4.78, 5) is 38.4. The summed E-state index contributed by atoms with van der Waals surface area (Å²) in [5, 5.41) is 6.42. The molecule has 1 N–H and O–H groups in total. The van der Waals surface area contributed by atoms with Crippen LogP contribution in [0, 0.1) is 12.7 Å². The van der Waals surface area contributed by atoms with Gasteiger partial charge < -0.3 is 14.8 Å². The van der Waals surface area contributed by atoms with Crippen molar-refractivity contribution < 1.29 is 49.8 Å². The lowest BCUT2D eigenvalue weighted by atomic mass is 10.1. The van der Waals surface area contributed by atoms with Crippen molar-refractivity contribution >= 4 is 40.2 Å². The summed E-state index contributed by atoms with van der Waals surface area (Å²) in [5.74, 6) is -1.72. The highest BCUT2D eigenvalue weighted by Crippen LogP contribution is 2.32. The van der Waals surface area contributed by atoms with Crippen LogP contribution in [0.3, 0.4) is 0 Å². The van der Waals surface area contributed by atoms with Gasteiger partial charge in [-0.3, -0.25) is 9.69 Å². The molecule has 2 aromatic carbocycles. The van der Waals surface area contributed by atoms with E-state index in [2.05, 4.69) is 30.1 Å². The van der Waals surface area contributed by atoms with Gasteiger partial charge in [-0.2, -0.15) is 31.3 Å². The number of aryl methyl sites for hydroxylation is 1. The molecule has 0 radical (unpaired) electrons. The fourth-order valence-corrected chi connectivity index (χ4v) is 5.10. The molecule has 0 spiro atoms. The van der Waals surface area contributed by atoms with Crippen LogP contribution in [0.2, 0.25) is 0 Å². The van der Waals surface area contributed by atoms with Crippen molar-refractivity contribution in [1.82, 2.24) is 19.7 Å². The van der Waals surface area contributed by atoms with E-state index in [-0.39, 0.29) is 50.8 Å². The van der Waals surface area contributed by atoms with E-state index >= 15 is 4.39 Å². The smallest absolute Gasteiger partial charge is 0.422 e. The van der Waals surface area contributed by atoms with E-state index in [1.165, 1.54) is 47.5 Å². The number of halogens is 7. The second-order valence-electron chi connectivity index (χ2n) is 10.0. The molecule has 3 heterocycles. The summed E-state index contributed by atoms with van der Waals surface area (Å²) in [6.45, 7) is -1.79.